The highest BCUT2D eigenvalue weighted by atomic mass is 19.4. The second-order valence-corrected chi connectivity index (χ2v) is 5.64. The molecule has 0 aliphatic carbocycles. The zero-order valence-electron chi connectivity index (χ0n) is 14.1. The van der Waals surface area contributed by atoms with E-state index in [4.69, 9.17) is 9.47 Å². The molecule has 1 amide bonds. The Balaban J connectivity index is 2.14. The van der Waals surface area contributed by atoms with Gasteiger partial charge >= 0.3 is 6.18 Å². The van der Waals surface area contributed by atoms with Crippen LogP contribution in [0.25, 0.3) is 0 Å². The predicted molar refractivity (Wildman–Crippen MR) is 87.7 cm³/mol. The van der Waals surface area contributed by atoms with Gasteiger partial charge in [0.25, 0.3) is 5.91 Å². The summed E-state index contributed by atoms with van der Waals surface area (Å²) < 4.78 is 62.6. The molecular weight excluding hydrogens is 354 g/mol. The van der Waals surface area contributed by atoms with Crippen molar-refractivity contribution in [2.45, 2.75) is 26.1 Å². The van der Waals surface area contributed by atoms with Crippen LogP contribution in [0.15, 0.2) is 42.5 Å². The summed E-state index contributed by atoms with van der Waals surface area (Å²) in [6.45, 7) is 2.83. The van der Waals surface area contributed by atoms with Gasteiger partial charge in [0.2, 0.25) is 0 Å². The molecule has 140 valence electrons. The second kappa shape index (κ2) is 8.07. The van der Waals surface area contributed by atoms with Gasteiger partial charge in [-0.2, -0.15) is 13.2 Å². The zero-order chi connectivity index (χ0) is 19.3. The smallest absolute Gasteiger partial charge is 0.416 e. The van der Waals surface area contributed by atoms with Crippen molar-refractivity contribution in [1.29, 1.82) is 0 Å². The number of halogens is 4. The van der Waals surface area contributed by atoms with E-state index in [0.29, 0.717) is 0 Å². The number of hydrogen-bond donors (Lipinski definition) is 1. The van der Waals surface area contributed by atoms with Crippen molar-refractivity contribution < 1.29 is 31.8 Å². The van der Waals surface area contributed by atoms with E-state index in [1.54, 1.807) is 13.8 Å². The molecule has 0 aliphatic heterocycles. The summed E-state index contributed by atoms with van der Waals surface area (Å²) in [5.74, 6) is -1.44. The summed E-state index contributed by atoms with van der Waals surface area (Å²) in [5, 5.41) is 2.31. The third kappa shape index (κ3) is 5.37. The van der Waals surface area contributed by atoms with Gasteiger partial charge in [0.1, 0.15) is 5.75 Å². The molecule has 2 aromatic carbocycles. The summed E-state index contributed by atoms with van der Waals surface area (Å²) in [5.41, 5.74) is -1.07. The molecule has 0 aromatic heterocycles. The molecule has 0 atom stereocenters. The van der Waals surface area contributed by atoms with Gasteiger partial charge in [-0.1, -0.05) is 12.1 Å². The van der Waals surface area contributed by atoms with Crippen LogP contribution in [-0.4, -0.2) is 18.6 Å². The molecule has 2 aromatic rings. The molecule has 0 radical (unpaired) electrons. The molecule has 0 aliphatic rings. The first kappa shape index (κ1) is 19.6. The largest absolute Gasteiger partial charge is 0.489 e. The van der Waals surface area contributed by atoms with Crippen LogP contribution in [0.2, 0.25) is 0 Å². The summed E-state index contributed by atoms with van der Waals surface area (Å²) in [4.78, 5) is 12.0. The van der Waals surface area contributed by atoms with Crippen LogP contribution < -0.4 is 14.8 Å². The molecule has 0 saturated carbocycles. The Labute approximate surface area is 147 Å². The first-order valence-corrected chi connectivity index (χ1v) is 7.72. The van der Waals surface area contributed by atoms with E-state index >= 15 is 0 Å². The first-order chi connectivity index (χ1) is 12.2. The number of ether oxygens (including phenoxy) is 2. The third-order valence-corrected chi connectivity index (χ3v) is 3.14. The third-order valence-electron chi connectivity index (χ3n) is 3.14. The minimum Gasteiger partial charge on any atom is -0.489 e. The molecule has 0 heterocycles. The Bertz CT molecular complexity index is 775. The molecular formula is C18H17F4NO3. The molecule has 0 fully saturated rings. The fourth-order valence-corrected chi connectivity index (χ4v) is 2.05. The minimum absolute atomic E-state index is 0.0900. The fraction of sp³-hybridized carbons (Fsp3) is 0.278. The highest BCUT2D eigenvalue weighted by molar-refractivity contribution is 5.93. The number of para-hydroxylation sites is 1. The number of alkyl halides is 3. The summed E-state index contributed by atoms with van der Waals surface area (Å²) in [6, 6.07) is 8.25. The maximum Gasteiger partial charge on any atom is 0.416 e. The lowest BCUT2D eigenvalue weighted by Crippen LogP contribution is -2.22. The Hall–Kier alpha value is -2.77. The molecule has 2 rings (SSSR count). The Morgan fingerprint density at radius 3 is 2.42 bits per heavy atom. The van der Waals surface area contributed by atoms with Crippen LogP contribution in [0.1, 0.15) is 19.4 Å². The van der Waals surface area contributed by atoms with Crippen LogP contribution in [-0.2, 0) is 11.0 Å². The Morgan fingerprint density at radius 1 is 1.12 bits per heavy atom. The Morgan fingerprint density at radius 2 is 1.81 bits per heavy atom. The van der Waals surface area contributed by atoms with Gasteiger partial charge in [-0.05, 0) is 44.2 Å². The SMILES string of the molecule is CC(C)Oc1ccc(C(F)(F)F)cc1NC(=O)COc1ccccc1F. The number of benzene rings is 2. The number of amides is 1. The normalized spacial score (nSPS) is 11.3. The highest BCUT2D eigenvalue weighted by Crippen LogP contribution is 2.35. The lowest BCUT2D eigenvalue weighted by atomic mass is 10.1. The Kier molecular flexibility index (Phi) is 6.07. The molecule has 1 N–H and O–H groups in total. The number of carbonyl (C=O) groups excluding carboxylic acids is 1. The van der Waals surface area contributed by atoms with E-state index < -0.39 is 30.1 Å². The van der Waals surface area contributed by atoms with Crippen molar-refractivity contribution in [2.75, 3.05) is 11.9 Å². The molecule has 8 heteroatoms. The maximum absolute atomic E-state index is 13.5. The summed E-state index contributed by atoms with van der Waals surface area (Å²) in [6.07, 6.45) is -4.88. The lowest BCUT2D eigenvalue weighted by Gasteiger charge is -2.17. The van der Waals surface area contributed by atoms with Crippen LogP contribution in [0.4, 0.5) is 23.2 Å². The summed E-state index contributed by atoms with van der Waals surface area (Å²) in [7, 11) is 0. The molecule has 0 unspecified atom stereocenters. The number of carbonyl (C=O) groups is 1. The standard InChI is InChI=1S/C18H17F4NO3/c1-11(2)26-16-8-7-12(18(20,21)22)9-14(16)23-17(24)10-25-15-6-4-3-5-13(15)19/h3-9,11H,10H2,1-2H3,(H,23,24). The van der Waals surface area contributed by atoms with Gasteiger partial charge in [0.05, 0.1) is 17.4 Å². The summed E-state index contributed by atoms with van der Waals surface area (Å²) >= 11 is 0. The highest BCUT2D eigenvalue weighted by Gasteiger charge is 2.31. The van der Waals surface area contributed by atoms with E-state index in [0.717, 1.165) is 24.3 Å². The zero-order valence-corrected chi connectivity index (χ0v) is 14.1. The van der Waals surface area contributed by atoms with Crippen LogP contribution >= 0.6 is 0 Å². The van der Waals surface area contributed by atoms with Crippen molar-refractivity contribution in [2.24, 2.45) is 0 Å². The average molecular weight is 371 g/mol. The van der Waals surface area contributed by atoms with Gasteiger partial charge in [0.15, 0.2) is 18.2 Å². The lowest BCUT2D eigenvalue weighted by molar-refractivity contribution is -0.137. The molecule has 0 saturated heterocycles. The molecule has 0 bridgehead atoms. The quantitative estimate of drug-likeness (QED) is 0.752. The van der Waals surface area contributed by atoms with Gasteiger partial charge < -0.3 is 14.8 Å². The molecule has 4 nitrogen and oxygen atoms in total. The first-order valence-electron chi connectivity index (χ1n) is 7.72. The van der Waals surface area contributed by atoms with E-state index in [-0.39, 0.29) is 23.3 Å². The minimum atomic E-state index is -4.57. The van der Waals surface area contributed by atoms with Crippen molar-refractivity contribution in [3.05, 3.63) is 53.8 Å². The van der Waals surface area contributed by atoms with E-state index in [2.05, 4.69) is 5.32 Å². The monoisotopic (exact) mass is 371 g/mol. The van der Waals surface area contributed by atoms with E-state index in [9.17, 15) is 22.4 Å². The van der Waals surface area contributed by atoms with E-state index in [1.165, 1.54) is 18.2 Å². The molecule has 0 spiro atoms. The topological polar surface area (TPSA) is 47.6 Å². The molecule has 26 heavy (non-hydrogen) atoms. The van der Waals surface area contributed by atoms with Gasteiger partial charge in [0, 0.05) is 0 Å². The average Bonchev–Trinajstić information content (AvgIpc) is 2.54. The fourth-order valence-electron chi connectivity index (χ4n) is 2.05. The number of hydrogen-bond acceptors (Lipinski definition) is 3. The van der Waals surface area contributed by atoms with Crippen LogP contribution in [0, 0.1) is 5.82 Å². The maximum atomic E-state index is 13.5. The van der Waals surface area contributed by atoms with Crippen LogP contribution in [0.5, 0.6) is 11.5 Å². The van der Waals surface area contributed by atoms with Gasteiger partial charge in [-0.15, -0.1) is 0 Å². The predicted octanol–water partition coefficient (Wildman–Crippen LogP) is 4.65. The second-order valence-electron chi connectivity index (χ2n) is 5.64. The number of anilines is 1. The van der Waals surface area contributed by atoms with Crippen LogP contribution in [0.3, 0.4) is 0 Å². The van der Waals surface area contributed by atoms with Crippen molar-refractivity contribution in [3.63, 3.8) is 0 Å². The van der Waals surface area contributed by atoms with Crippen molar-refractivity contribution in [1.82, 2.24) is 0 Å². The van der Waals surface area contributed by atoms with E-state index in [1.807, 2.05) is 0 Å². The van der Waals surface area contributed by atoms with Gasteiger partial charge in [-0.25, -0.2) is 4.39 Å². The van der Waals surface area contributed by atoms with Crippen molar-refractivity contribution in [3.8, 4) is 11.5 Å². The number of rotatable bonds is 6. The number of nitrogens with one attached hydrogen (secondary N) is 1. The van der Waals surface area contributed by atoms with Crippen molar-refractivity contribution >= 4 is 11.6 Å². The van der Waals surface area contributed by atoms with Gasteiger partial charge in [-0.3, -0.25) is 4.79 Å².